The molecule has 0 amide bonds. The van der Waals surface area contributed by atoms with E-state index in [-0.39, 0.29) is 5.69 Å². The number of hydrogen-bond acceptors (Lipinski definition) is 4. The van der Waals surface area contributed by atoms with Gasteiger partial charge in [-0.3, -0.25) is 4.98 Å². The van der Waals surface area contributed by atoms with E-state index < -0.39 is 11.9 Å². The second-order valence-corrected chi connectivity index (χ2v) is 5.24. The molecule has 0 fully saturated rings. The summed E-state index contributed by atoms with van der Waals surface area (Å²) in [7, 11) is 0. The minimum absolute atomic E-state index is 0.161. The summed E-state index contributed by atoms with van der Waals surface area (Å²) in [6.07, 6.45) is -3.38. The second kappa shape index (κ2) is 5.94. The van der Waals surface area contributed by atoms with Crippen molar-refractivity contribution in [3.8, 4) is 28.5 Å². The topological polar surface area (TPSA) is 78.2 Å². The molecule has 0 saturated carbocycles. The maximum atomic E-state index is 12.6. The summed E-state index contributed by atoms with van der Waals surface area (Å²) in [6, 6.07) is 8.93. The highest BCUT2D eigenvalue weighted by molar-refractivity contribution is 6.31. The molecule has 0 saturated heterocycles. The Kier molecular flexibility index (Phi) is 3.95. The lowest BCUT2D eigenvalue weighted by molar-refractivity contribution is -0.141. The molecule has 24 heavy (non-hydrogen) atoms. The van der Waals surface area contributed by atoms with Gasteiger partial charge in [-0.15, -0.1) is 5.10 Å². The number of benzene rings is 1. The quantitative estimate of drug-likeness (QED) is 0.756. The van der Waals surface area contributed by atoms with E-state index in [1.807, 2.05) is 6.07 Å². The van der Waals surface area contributed by atoms with E-state index in [2.05, 4.69) is 20.4 Å². The molecule has 1 aromatic carbocycles. The minimum Gasteiger partial charge on any atom is -0.251 e. The van der Waals surface area contributed by atoms with Gasteiger partial charge in [-0.1, -0.05) is 22.9 Å². The maximum absolute atomic E-state index is 12.6. The van der Waals surface area contributed by atoms with Crippen molar-refractivity contribution in [3.63, 3.8) is 0 Å². The molecular formula is C15H7ClF3N5. The van der Waals surface area contributed by atoms with Crippen LogP contribution < -0.4 is 0 Å². The van der Waals surface area contributed by atoms with Crippen LogP contribution in [0.1, 0.15) is 11.4 Å². The number of aromatic nitrogens is 4. The van der Waals surface area contributed by atoms with Crippen molar-refractivity contribution in [2.45, 2.75) is 6.18 Å². The zero-order valence-corrected chi connectivity index (χ0v) is 12.5. The van der Waals surface area contributed by atoms with E-state index in [1.165, 1.54) is 6.07 Å². The largest absolute Gasteiger partial charge is 0.433 e. The lowest BCUT2D eigenvalue weighted by atomic mass is 10.0. The number of pyridine rings is 1. The fourth-order valence-electron chi connectivity index (χ4n) is 2.13. The Hall–Kier alpha value is -2.92. The molecule has 3 rings (SSSR count). The van der Waals surface area contributed by atoms with Crippen molar-refractivity contribution in [1.29, 1.82) is 5.26 Å². The zero-order valence-electron chi connectivity index (χ0n) is 11.8. The molecule has 0 aliphatic carbocycles. The van der Waals surface area contributed by atoms with Gasteiger partial charge in [0.25, 0.3) is 0 Å². The molecule has 2 aromatic heterocycles. The molecule has 0 bridgehead atoms. The van der Waals surface area contributed by atoms with Gasteiger partial charge in [-0.2, -0.15) is 18.4 Å². The molecule has 9 heteroatoms. The van der Waals surface area contributed by atoms with Crippen molar-refractivity contribution < 1.29 is 13.2 Å². The Morgan fingerprint density at radius 3 is 2.46 bits per heavy atom. The molecule has 2 heterocycles. The minimum atomic E-state index is -4.50. The summed E-state index contributed by atoms with van der Waals surface area (Å²) in [6.45, 7) is 0. The Labute approximate surface area is 138 Å². The molecule has 120 valence electrons. The van der Waals surface area contributed by atoms with E-state index in [0.29, 0.717) is 27.4 Å². The SMILES string of the molecule is N#Cc1[nH]nnc1-c1cc(Cl)cc(-c2ccc(C(F)(F)F)nc2)c1. The van der Waals surface area contributed by atoms with E-state index in [0.717, 1.165) is 12.3 Å². The predicted octanol–water partition coefficient (Wildman–Crippen LogP) is 4.08. The highest BCUT2D eigenvalue weighted by Crippen LogP contribution is 2.32. The van der Waals surface area contributed by atoms with Gasteiger partial charge < -0.3 is 0 Å². The summed E-state index contributed by atoms with van der Waals surface area (Å²) in [5, 5.41) is 19.2. The Morgan fingerprint density at radius 2 is 1.83 bits per heavy atom. The number of nitrogens with one attached hydrogen (secondary N) is 1. The van der Waals surface area contributed by atoms with Crippen LogP contribution in [0.3, 0.4) is 0 Å². The van der Waals surface area contributed by atoms with Crippen molar-refractivity contribution in [2.75, 3.05) is 0 Å². The van der Waals surface area contributed by atoms with Crippen molar-refractivity contribution >= 4 is 11.6 Å². The van der Waals surface area contributed by atoms with Crippen molar-refractivity contribution in [2.24, 2.45) is 0 Å². The fraction of sp³-hybridized carbons (Fsp3) is 0.0667. The Morgan fingerprint density at radius 1 is 1.08 bits per heavy atom. The smallest absolute Gasteiger partial charge is 0.251 e. The molecule has 1 N–H and O–H groups in total. The third kappa shape index (κ3) is 3.07. The second-order valence-electron chi connectivity index (χ2n) is 4.81. The first-order chi connectivity index (χ1) is 11.4. The van der Waals surface area contributed by atoms with Crippen LogP contribution in [0.2, 0.25) is 5.02 Å². The van der Waals surface area contributed by atoms with E-state index >= 15 is 0 Å². The van der Waals surface area contributed by atoms with Crippen LogP contribution in [0, 0.1) is 11.3 Å². The van der Waals surface area contributed by atoms with Gasteiger partial charge in [-0.05, 0) is 29.8 Å². The van der Waals surface area contributed by atoms with Gasteiger partial charge >= 0.3 is 6.18 Å². The number of nitriles is 1. The number of aromatic amines is 1. The normalized spacial score (nSPS) is 11.3. The number of alkyl halides is 3. The molecule has 0 unspecified atom stereocenters. The first-order valence-corrected chi connectivity index (χ1v) is 6.92. The molecule has 5 nitrogen and oxygen atoms in total. The number of halogens is 4. The summed E-state index contributed by atoms with van der Waals surface area (Å²) >= 11 is 6.07. The van der Waals surface area contributed by atoms with Crippen LogP contribution in [0.15, 0.2) is 36.5 Å². The first-order valence-electron chi connectivity index (χ1n) is 6.54. The van der Waals surface area contributed by atoms with Gasteiger partial charge in [0.1, 0.15) is 17.5 Å². The lowest BCUT2D eigenvalue weighted by Gasteiger charge is -2.08. The van der Waals surface area contributed by atoms with Gasteiger partial charge in [0.15, 0.2) is 5.69 Å². The average molecular weight is 350 g/mol. The first kappa shape index (κ1) is 16.0. The van der Waals surface area contributed by atoms with Gasteiger partial charge in [0.2, 0.25) is 0 Å². The molecular weight excluding hydrogens is 343 g/mol. The standard InChI is InChI=1S/C15H7ClF3N5/c16-11-4-9(8-1-2-13(21-7-8)15(17,18)19)3-10(5-11)14-12(6-20)22-24-23-14/h1-5,7H,(H,22,23,24). The number of nitrogens with zero attached hydrogens (tertiary/aromatic N) is 4. The summed E-state index contributed by atoms with van der Waals surface area (Å²) in [5.74, 6) is 0. The molecule has 0 aliphatic heterocycles. The van der Waals surface area contributed by atoms with Gasteiger partial charge in [-0.25, -0.2) is 5.10 Å². The predicted molar refractivity (Wildman–Crippen MR) is 79.8 cm³/mol. The third-order valence-electron chi connectivity index (χ3n) is 3.22. The van der Waals surface area contributed by atoms with Gasteiger partial charge in [0, 0.05) is 22.3 Å². The van der Waals surface area contributed by atoms with E-state index in [1.54, 1.807) is 18.2 Å². The van der Waals surface area contributed by atoms with Gasteiger partial charge in [0.05, 0.1) is 0 Å². The van der Waals surface area contributed by atoms with Crippen LogP contribution in [-0.2, 0) is 6.18 Å². The third-order valence-corrected chi connectivity index (χ3v) is 3.44. The highest BCUT2D eigenvalue weighted by Gasteiger charge is 2.32. The van der Waals surface area contributed by atoms with Crippen molar-refractivity contribution in [1.82, 2.24) is 20.4 Å². The maximum Gasteiger partial charge on any atom is 0.433 e. The van der Waals surface area contributed by atoms with Crippen molar-refractivity contribution in [3.05, 3.63) is 52.9 Å². The molecule has 0 atom stereocenters. The monoisotopic (exact) mass is 349 g/mol. The summed E-state index contributed by atoms with van der Waals surface area (Å²) in [5.41, 5.74) is 1.01. The zero-order chi connectivity index (χ0) is 17.3. The van der Waals surface area contributed by atoms with Crippen LogP contribution in [0.25, 0.3) is 22.4 Å². The lowest BCUT2D eigenvalue weighted by Crippen LogP contribution is -2.07. The highest BCUT2D eigenvalue weighted by atomic mass is 35.5. The van der Waals surface area contributed by atoms with Crippen LogP contribution in [0.5, 0.6) is 0 Å². The van der Waals surface area contributed by atoms with Crippen LogP contribution in [-0.4, -0.2) is 20.4 Å². The number of rotatable bonds is 2. The molecule has 3 aromatic rings. The Bertz CT molecular complexity index is 926. The van der Waals surface area contributed by atoms with E-state index in [9.17, 15) is 13.2 Å². The van der Waals surface area contributed by atoms with Crippen LogP contribution in [0.4, 0.5) is 13.2 Å². The molecule has 0 radical (unpaired) electrons. The average Bonchev–Trinajstić information content (AvgIpc) is 3.02. The summed E-state index contributed by atoms with van der Waals surface area (Å²) in [4.78, 5) is 3.43. The number of hydrogen-bond donors (Lipinski definition) is 1. The number of H-pyrrole nitrogens is 1. The molecule has 0 aliphatic rings. The Balaban J connectivity index is 2.05. The van der Waals surface area contributed by atoms with Crippen LogP contribution >= 0.6 is 11.6 Å². The fourth-order valence-corrected chi connectivity index (χ4v) is 2.37. The van der Waals surface area contributed by atoms with E-state index in [4.69, 9.17) is 16.9 Å². The molecule has 0 spiro atoms. The summed E-state index contributed by atoms with van der Waals surface area (Å²) < 4.78 is 37.8.